The maximum absolute atomic E-state index is 5.63. The second-order valence-electron chi connectivity index (χ2n) is 4.06. The number of fused-ring (bicyclic) bond motifs is 1. The van der Waals surface area contributed by atoms with E-state index in [0.29, 0.717) is 0 Å². The van der Waals surface area contributed by atoms with Crippen LogP contribution in [-0.4, -0.2) is 16.0 Å². The molecular formula is C12H14N2O. The first-order chi connectivity index (χ1) is 7.34. The molecule has 1 atom stereocenters. The van der Waals surface area contributed by atoms with Crippen molar-refractivity contribution in [3.05, 3.63) is 35.8 Å². The van der Waals surface area contributed by atoms with Crippen LogP contribution in [0.25, 0.3) is 5.65 Å². The molecule has 0 saturated carbocycles. The molecule has 3 heteroatoms. The smallest absolute Gasteiger partial charge is 0.137 e. The van der Waals surface area contributed by atoms with E-state index in [0.717, 1.165) is 30.8 Å². The number of hydrogen-bond donors (Lipinski definition) is 0. The number of imidazole rings is 1. The van der Waals surface area contributed by atoms with Crippen LogP contribution in [0.2, 0.25) is 0 Å². The van der Waals surface area contributed by atoms with Gasteiger partial charge in [0.2, 0.25) is 0 Å². The van der Waals surface area contributed by atoms with Gasteiger partial charge in [0.1, 0.15) is 11.8 Å². The molecule has 1 saturated heterocycles. The van der Waals surface area contributed by atoms with E-state index in [1.807, 2.05) is 12.1 Å². The van der Waals surface area contributed by atoms with Gasteiger partial charge in [0.15, 0.2) is 0 Å². The van der Waals surface area contributed by atoms with E-state index in [-0.39, 0.29) is 6.10 Å². The molecular weight excluding hydrogens is 188 g/mol. The fraction of sp³-hybridized carbons (Fsp3) is 0.417. The Hall–Kier alpha value is -1.35. The Bertz CT molecular complexity index is 483. The Balaban J connectivity index is 2.09. The van der Waals surface area contributed by atoms with Crippen LogP contribution in [0.4, 0.5) is 0 Å². The molecule has 1 aliphatic rings. The van der Waals surface area contributed by atoms with Crippen molar-refractivity contribution in [2.24, 2.45) is 0 Å². The third kappa shape index (κ3) is 1.43. The summed E-state index contributed by atoms with van der Waals surface area (Å²) in [6, 6.07) is 6.16. The zero-order valence-corrected chi connectivity index (χ0v) is 8.81. The summed E-state index contributed by atoms with van der Waals surface area (Å²) in [6.07, 6.45) is 4.56. The third-order valence-electron chi connectivity index (χ3n) is 2.97. The monoisotopic (exact) mass is 202 g/mol. The lowest BCUT2D eigenvalue weighted by Crippen LogP contribution is -1.95. The fourth-order valence-electron chi connectivity index (χ4n) is 2.13. The largest absolute Gasteiger partial charge is 0.372 e. The van der Waals surface area contributed by atoms with Crippen LogP contribution in [0.1, 0.15) is 30.3 Å². The van der Waals surface area contributed by atoms with Crippen molar-refractivity contribution >= 4 is 5.65 Å². The first-order valence-electron chi connectivity index (χ1n) is 5.41. The van der Waals surface area contributed by atoms with Crippen LogP contribution < -0.4 is 0 Å². The topological polar surface area (TPSA) is 26.5 Å². The molecule has 0 amide bonds. The molecule has 3 nitrogen and oxygen atoms in total. The molecule has 2 aromatic heterocycles. The van der Waals surface area contributed by atoms with Gasteiger partial charge in [0.25, 0.3) is 0 Å². The number of aryl methyl sites for hydroxylation is 1. The maximum atomic E-state index is 5.63. The molecule has 0 aliphatic carbocycles. The van der Waals surface area contributed by atoms with Gasteiger partial charge in [-0.05, 0) is 31.9 Å². The predicted octanol–water partition coefficient (Wildman–Crippen LogP) is 2.49. The summed E-state index contributed by atoms with van der Waals surface area (Å²) >= 11 is 0. The number of ether oxygens (including phenoxy) is 1. The van der Waals surface area contributed by atoms with Crippen molar-refractivity contribution in [3.63, 3.8) is 0 Å². The average molecular weight is 202 g/mol. The number of nitrogens with zero attached hydrogens (tertiary/aromatic N) is 2. The van der Waals surface area contributed by atoms with Crippen LogP contribution in [0.3, 0.4) is 0 Å². The molecule has 1 fully saturated rings. The van der Waals surface area contributed by atoms with Crippen LogP contribution in [0, 0.1) is 6.92 Å². The molecule has 3 rings (SSSR count). The minimum absolute atomic E-state index is 0.212. The van der Waals surface area contributed by atoms with Gasteiger partial charge in [0, 0.05) is 18.5 Å². The summed E-state index contributed by atoms with van der Waals surface area (Å²) in [7, 11) is 0. The lowest BCUT2D eigenvalue weighted by atomic mass is 10.2. The highest BCUT2D eigenvalue weighted by Gasteiger charge is 2.20. The second-order valence-corrected chi connectivity index (χ2v) is 4.06. The number of pyridine rings is 1. The summed E-state index contributed by atoms with van der Waals surface area (Å²) in [4.78, 5) is 4.59. The minimum atomic E-state index is 0.212. The van der Waals surface area contributed by atoms with Gasteiger partial charge in [-0.25, -0.2) is 4.98 Å². The van der Waals surface area contributed by atoms with Crippen molar-refractivity contribution < 1.29 is 4.74 Å². The van der Waals surface area contributed by atoms with Gasteiger partial charge < -0.3 is 9.14 Å². The molecule has 0 radical (unpaired) electrons. The van der Waals surface area contributed by atoms with E-state index in [9.17, 15) is 0 Å². The number of hydrogen-bond acceptors (Lipinski definition) is 2. The highest BCUT2D eigenvalue weighted by molar-refractivity contribution is 5.42. The van der Waals surface area contributed by atoms with Crippen molar-refractivity contribution in [3.8, 4) is 0 Å². The first-order valence-corrected chi connectivity index (χ1v) is 5.41. The molecule has 3 heterocycles. The third-order valence-corrected chi connectivity index (χ3v) is 2.97. The Labute approximate surface area is 88.7 Å². The minimum Gasteiger partial charge on any atom is -0.372 e. The Morgan fingerprint density at radius 2 is 2.40 bits per heavy atom. The van der Waals surface area contributed by atoms with Crippen LogP contribution in [0.5, 0.6) is 0 Å². The summed E-state index contributed by atoms with van der Waals surface area (Å²) in [5, 5.41) is 0. The second kappa shape index (κ2) is 3.35. The molecule has 15 heavy (non-hydrogen) atoms. The van der Waals surface area contributed by atoms with Gasteiger partial charge in [-0.3, -0.25) is 0 Å². The van der Waals surface area contributed by atoms with Gasteiger partial charge >= 0.3 is 0 Å². The summed E-state index contributed by atoms with van der Waals surface area (Å²) in [5.41, 5.74) is 3.30. The maximum Gasteiger partial charge on any atom is 0.137 e. The predicted molar refractivity (Wildman–Crippen MR) is 57.9 cm³/mol. The lowest BCUT2D eigenvalue weighted by Gasteiger charge is -2.03. The molecule has 1 aliphatic heterocycles. The van der Waals surface area contributed by atoms with Gasteiger partial charge in [-0.15, -0.1) is 0 Å². The van der Waals surface area contributed by atoms with Gasteiger partial charge in [0.05, 0.1) is 5.69 Å². The lowest BCUT2D eigenvalue weighted by molar-refractivity contribution is 0.109. The van der Waals surface area contributed by atoms with Crippen molar-refractivity contribution in [2.45, 2.75) is 25.9 Å². The molecule has 0 bridgehead atoms. The van der Waals surface area contributed by atoms with E-state index in [1.165, 1.54) is 5.69 Å². The SMILES string of the molecule is Cc1cccc2nc(C3CCCO3)cn12. The number of aromatic nitrogens is 2. The molecule has 0 spiro atoms. The highest BCUT2D eigenvalue weighted by atomic mass is 16.5. The van der Waals surface area contributed by atoms with Gasteiger partial charge in [-0.1, -0.05) is 6.07 Å². The number of rotatable bonds is 1. The highest BCUT2D eigenvalue weighted by Crippen LogP contribution is 2.27. The summed E-state index contributed by atoms with van der Waals surface area (Å²) < 4.78 is 7.75. The molecule has 1 unspecified atom stereocenters. The standard InChI is InChI=1S/C12H14N2O/c1-9-4-2-6-12-13-10(8-14(9)12)11-5-3-7-15-11/h2,4,6,8,11H,3,5,7H2,1H3. The zero-order chi connectivity index (χ0) is 10.3. The molecule has 78 valence electrons. The Kier molecular flexibility index (Phi) is 1.99. The van der Waals surface area contributed by atoms with E-state index < -0.39 is 0 Å². The Morgan fingerprint density at radius 1 is 1.47 bits per heavy atom. The zero-order valence-electron chi connectivity index (χ0n) is 8.81. The normalized spacial score (nSPS) is 21.3. The van der Waals surface area contributed by atoms with Crippen LogP contribution >= 0.6 is 0 Å². The molecule has 2 aromatic rings. The van der Waals surface area contributed by atoms with Crippen molar-refractivity contribution in [2.75, 3.05) is 6.61 Å². The van der Waals surface area contributed by atoms with E-state index in [1.54, 1.807) is 0 Å². The fourth-order valence-corrected chi connectivity index (χ4v) is 2.13. The van der Waals surface area contributed by atoms with Crippen LogP contribution in [-0.2, 0) is 4.74 Å². The Morgan fingerprint density at radius 3 is 3.13 bits per heavy atom. The van der Waals surface area contributed by atoms with Crippen molar-refractivity contribution in [1.29, 1.82) is 0 Å². The molecule has 0 aromatic carbocycles. The summed E-state index contributed by atoms with van der Waals surface area (Å²) in [6.45, 7) is 2.96. The first kappa shape index (κ1) is 8.92. The van der Waals surface area contributed by atoms with E-state index in [2.05, 4.69) is 28.6 Å². The van der Waals surface area contributed by atoms with Crippen molar-refractivity contribution in [1.82, 2.24) is 9.38 Å². The molecule has 0 N–H and O–H groups in total. The van der Waals surface area contributed by atoms with Gasteiger partial charge in [-0.2, -0.15) is 0 Å². The average Bonchev–Trinajstić information content (AvgIpc) is 2.86. The van der Waals surface area contributed by atoms with E-state index >= 15 is 0 Å². The quantitative estimate of drug-likeness (QED) is 0.710. The van der Waals surface area contributed by atoms with Crippen LogP contribution in [0.15, 0.2) is 24.4 Å². The van der Waals surface area contributed by atoms with E-state index in [4.69, 9.17) is 4.74 Å². The summed E-state index contributed by atoms with van der Waals surface area (Å²) in [5.74, 6) is 0.